The van der Waals surface area contributed by atoms with Crippen LogP contribution in [0, 0.1) is 6.92 Å². The first-order valence-corrected chi connectivity index (χ1v) is 11.1. The van der Waals surface area contributed by atoms with Crippen molar-refractivity contribution < 1.29 is 4.79 Å². The fourth-order valence-corrected chi connectivity index (χ4v) is 4.54. The van der Waals surface area contributed by atoms with E-state index in [1.165, 1.54) is 11.8 Å². The number of hydrogen-bond donors (Lipinski definition) is 1. The highest BCUT2D eigenvalue weighted by molar-refractivity contribution is 8.15. The van der Waals surface area contributed by atoms with Gasteiger partial charge in [0.15, 0.2) is 0 Å². The molecule has 1 heterocycles. The molecular weight excluding hydrogens is 414 g/mol. The Kier molecular flexibility index (Phi) is 6.41. The topological polar surface area (TPSA) is 44.7 Å². The smallest absolute Gasteiger partial charge is 0.237 e. The molecule has 4 nitrogen and oxygen atoms in total. The monoisotopic (exact) mass is 435 g/mol. The van der Waals surface area contributed by atoms with Gasteiger partial charge >= 0.3 is 0 Å². The quantitative estimate of drug-likeness (QED) is 0.600. The van der Waals surface area contributed by atoms with Crippen LogP contribution in [0.4, 0.5) is 5.69 Å². The van der Waals surface area contributed by atoms with E-state index in [0.29, 0.717) is 18.1 Å². The molecule has 152 valence electrons. The summed E-state index contributed by atoms with van der Waals surface area (Å²) in [4.78, 5) is 15.2. The van der Waals surface area contributed by atoms with Crippen LogP contribution in [0.25, 0.3) is 0 Å². The molecule has 0 aromatic heterocycles. The second-order valence-electron chi connectivity index (χ2n) is 7.06. The molecule has 0 fully saturated rings. The van der Waals surface area contributed by atoms with E-state index in [-0.39, 0.29) is 11.7 Å². The van der Waals surface area contributed by atoms with Crippen molar-refractivity contribution in [3.05, 3.63) is 100 Å². The van der Waals surface area contributed by atoms with E-state index in [0.717, 1.165) is 33.0 Å². The van der Waals surface area contributed by atoms with Crippen LogP contribution in [0.1, 0.15) is 22.3 Å². The van der Waals surface area contributed by atoms with E-state index in [4.69, 9.17) is 11.6 Å². The second kappa shape index (κ2) is 9.37. The van der Waals surface area contributed by atoms with E-state index in [1.807, 2.05) is 71.6 Å². The molecule has 1 aliphatic heterocycles. The molecule has 0 bridgehead atoms. The van der Waals surface area contributed by atoms with Crippen LogP contribution in [-0.4, -0.2) is 16.7 Å². The molecule has 0 atom stereocenters. The lowest BCUT2D eigenvalue weighted by Gasteiger charge is -2.27. The lowest BCUT2D eigenvalue weighted by Crippen LogP contribution is -2.34. The van der Waals surface area contributed by atoms with E-state index in [1.54, 1.807) is 0 Å². The number of rotatable bonds is 3. The average Bonchev–Trinajstić information content (AvgIpc) is 2.76. The van der Waals surface area contributed by atoms with Crippen LogP contribution in [0.5, 0.6) is 0 Å². The average molecular weight is 436 g/mol. The summed E-state index contributed by atoms with van der Waals surface area (Å²) in [6.45, 7) is 3.00. The number of fused-ring (bicyclic) bond motifs is 1. The standard InChI is InChI=1S/C24H22ClN3OS/c1-17-8-2-5-11-20(17)24-27-26-14-18-9-4-7-13-22(18)28(23(29)16-30-24)15-19-10-3-6-12-21(19)25/h2-13,26H,14-16H2,1H3. The Bertz CT molecular complexity index is 1100. The van der Waals surface area contributed by atoms with E-state index in [9.17, 15) is 4.79 Å². The number of hydrogen-bond acceptors (Lipinski definition) is 4. The molecule has 6 heteroatoms. The normalized spacial score (nSPS) is 14.5. The van der Waals surface area contributed by atoms with Gasteiger partial charge in [0.05, 0.1) is 18.8 Å². The number of carbonyl (C=O) groups is 1. The minimum atomic E-state index is 0.0237. The number of amides is 1. The number of benzene rings is 3. The van der Waals surface area contributed by atoms with E-state index >= 15 is 0 Å². The van der Waals surface area contributed by atoms with Gasteiger partial charge in [0, 0.05) is 16.3 Å². The number of halogens is 1. The number of para-hydroxylation sites is 1. The molecule has 0 spiro atoms. The van der Waals surface area contributed by atoms with Gasteiger partial charge < -0.3 is 10.3 Å². The SMILES string of the molecule is Cc1ccccc1C1=NNCc2ccccc2N(Cc2ccccc2Cl)C(=O)CS1. The zero-order valence-corrected chi connectivity index (χ0v) is 18.2. The first kappa shape index (κ1) is 20.5. The van der Waals surface area contributed by atoms with Crippen LogP contribution in [0.2, 0.25) is 5.02 Å². The summed E-state index contributed by atoms with van der Waals surface area (Å²) in [5, 5.41) is 6.09. The molecule has 1 aliphatic rings. The number of aryl methyl sites for hydroxylation is 1. The zero-order valence-electron chi connectivity index (χ0n) is 16.6. The maximum atomic E-state index is 13.4. The minimum Gasteiger partial charge on any atom is -0.307 e. The van der Waals surface area contributed by atoms with Gasteiger partial charge in [-0.15, -0.1) is 0 Å². The highest BCUT2D eigenvalue weighted by atomic mass is 35.5. The summed E-state index contributed by atoms with van der Waals surface area (Å²) in [7, 11) is 0. The summed E-state index contributed by atoms with van der Waals surface area (Å²) >= 11 is 7.85. The zero-order chi connectivity index (χ0) is 20.9. The summed E-state index contributed by atoms with van der Waals surface area (Å²) in [5.41, 5.74) is 8.18. The third-order valence-corrected chi connectivity index (χ3v) is 6.37. The molecule has 3 aromatic carbocycles. The van der Waals surface area contributed by atoms with Crippen molar-refractivity contribution in [1.82, 2.24) is 5.43 Å². The minimum absolute atomic E-state index is 0.0237. The number of anilines is 1. The first-order valence-electron chi connectivity index (χ1n) is 9.74. The molecule has 0 aliphatic carbocycles. The Morgan fingerprint density at radius 3 is 2.60 bits per heavy atom. The molecular formula is C24H22ClN3OS. The van der Waals surface area contributed by atoms with Crippen molar-refractivity contribution in [3.63, 3.8) is 0 Å². The Labute approximate surface area is 185 Å². The Balaban J connectivity index is 1.70. The molecule has 4 rings (SSSR count). The first-order chi connectivity index (χ1) is 14.6. The van der Waals surface area contributed by atoms with Crippen LogP contribution in [0.3, 0.4) is 0 Å². The van der Waals surface area contributed by atoms with Gasteiger partial charge in [0.1, 0.15) is 5.04 Å². The Morgan fingerprint density at radius 2 is 1.77 bits per heavy atom. The molecule has 3 aromatic rings. The Morgan fingerprint density at radius 1 is 1.03 bits per heavy atom. The maximum absolute atomic E-state index is 13.4. The third kappa shape index (κ3) is 4.53. The van der Waals surface area contributed by atoms with Crippen LogP contribution < -0.4 is 10.3 Å². The van der Waals surface area contributed by atoms with Crippen molar-refractivity contribution in [1.29, 1.82) is 0 Å². The summed E-state index contributed by atoms with van der Waals surface area (Å²) in [6.07, 6.45) is 0. The van der Waals surface area contributed by atoms with E-state index in [2.05, 4.69) is 23.5 Å². The predicted molar refractivity (Wildman–Crippen MR) is 126 cm³/mol. The van der Waals surface area contributed by atoms with Crippen molar-refractivity contribution in [3.8, 4) is 0 Å². The Hall–Kier alpha value is -2.76. The number of thioether (sulfide) groups is 1. The summed E-state index contributed by atoms with van der Waals surface area (Å²) < 4.78 is 0. The fraction of sp³-hybridized carbons (Fsp3) is 0.167. The van der Waals surface area contributed by atoms with Gasteiger partial charge in [-0.3, -0.25) is 4.79 Å². The second-order valence-corrected chi connectivity index (χ2v) is 8.43. The number of nitrogens with zero attached hydrogens (tertiary/aromatic N) is 2. The molecule has 0 radical (unpaired) electrons. The third-order valence-electron chi connectivity index (χ3n) is 5.03. The number of nitrogens with one attached hydrogen (secondary N) is 1. The van der Waals surface area contributed by atoms with E-state index < -0.39 is 0 Å². The molecule has 1 amide bonds. The molecule has 0 saturated heterocycles. The van der Waals surface area contributed by atoms with Crippen molar-refractivity contribution in [2.24, 2.45) is 5.10 Å². The molecule has 0 saturated carbocycles. The molecule has 0 unspecified atom stereocenters. The van der Waals surface area contributed by atoms with Crippen molar-refractivity contribution in [2.75, 3.05) is 10.7 Å². The highest BCUT2D eigenvalue weighted by Crippen LogP contribution is 2.28. The van der Waals surface area contributed by atoms with Gasteiger partial charge in [-0.25, -0.2) is 0 Å². The summed E-state index contributed by atoms with van der Waals surface area (Å²) in [6, 6.07) is 23.7. The van der Waals surface area contributed by atoms with Gasteiger partial charge in [0.2, 0.25) is 5.91 Å². The lowest BCUT2D eigenvalue weighted by molar-refractivity contribution is -0.116. The van der Waals surface area contributed by atoms with Crippen LogP contribution >= 0.6 is 23.4 Å². The van der Waals surface area contributed by atoms with Gasteiger partial charge in [0.25, 0.3) is 0 Å². The number of carbonyl (C=O) groups excluding carboxylic acids is 1. The van der Waals surface area contributed by atoms with Crippen molar-refractivity contribution >= 4 is 40.0 Å². The highest BCUT2D eigenvalue weighted by Gasteiger charge is 2.22. The maximum Gasteiger partial charge on any atom is 0.237 e. The molecule has 30 heavy (non-hydrogen) atoms. The lowest BCUT2D eigenvalue weighted by atomic mass is 10.1. The fourth-order valence-electron chi connectivity index (χ4n) is 3.42. The summed E-state index contributed by atoms with van der Waals surface area (Å²) in [5.74, 6) is 0.309. The van der Waals surface area contributed by atoms with Gasteiger partial charge in [-0.05, 0) is 35.7 Å². The predicted octanol–water partition coefficient (Wildman–Crippen LogP) is 5.38. The van der Waals surface area contributed by atoms with Gasteiger partial charge in [-0.2, -0.15) is 5.10 Å². The number of hydrazone groups is 1. The largest absolute Gasteiger partial charge is 0.307 e. The van der Waals surface area contributed by atoms with Crippen LogP contribution in [0.15, 0.2) is 77.9 Å². The van der Waals surface area contributed by atoms with Crippen LogP contribution in [-0.2, 0) is 17.9 Å². The molecule has 1 N–H and O–H groups in total. The van der Waals surface area contributed by atoms with Gasteiger partial charge in [-0.1, -0.05) is 84.0 Å². The van der Waals surface area contributed by atoms with Crippen molar-refractivity contribution in [2.45, 2.75) is 20.0 Å².